The van der Waals surface area contributed by atoms with Crippen LogP contribution in [0.2, 0.25) is 5.02 Å². The first-order valence-corrected chi connectivity index (χ1v) is 11.8. The molecule has 4 rings (SSSR count). The van der Waals surface area contributed by atoms with E-state index in [0.717, 1.165) is 21.7 Å². The minimum absolute atomic E-state index is 0.0385. The number of nitrogens with zero attached hydrogens (tertiary/aromatic N) is 1. The molecule has 0 unspecified atom stereocenters. The van der Waals surface area contributed by atoms with Gasteiger partial charge in [-0.15, -0.1) is 11.8 Å². The van der Waals surface area contributed by atoms with Gasteiger partial charge in [0.2, 0.25) is 11.8 Å². The summed E-state index contributed by atoms with van der Waals surface area (Å²) in [7, 11) is 0. The Balaban J connectivity index is 1.51. The monoisotopic (exact) mass is 464 g/mol. The first-order chi connectivity index (χ1) is 15.4. The molecular formula is C26H25ClN2O2S. The normalized spacial score (nSPS) is 16.4. The molecule has 1 N–H and O–H groups in total. The summed E-state index contributed by atoms with van der Waals surface area (Å²) in [6.45, 7) is 4.74. The Hall–Kier alpha value is -2.76. The first-order valence-electron chi connectivity index (χ1n) is 10.6. The number of carbonyl (C=O) groups is 2. The largest absolute Gasteiger partial charge is 0.352 e. The lowest BCUT2D eigenvalue weighted by molar-refractivity contribution is -0.128. The summed E-state index contributed by atoms with van der Waals surface area (Å²) in [6.07, 6.45) is 0. The molecule has 6 heteroatoms. The second kappa shape index (κ2) is 9.80. The minimum atomic E-state index is -0.486. The molecule has 3 aromatic rings. The zero-order valence-electron chi connectivity index (χ0n) is 18.0. The molecule has 0 radical (unpaired) electrons. The lowest BCUT2D eigenvalue weighted by atomic mass is 10.0. The maximum Gasteiger partial charge on any atom is 0.241 e. The van der Waals surface area contributed by atoms with Crippen LogP contribution in [0.25, 0.3) is 0 Å². The molecule has 164 valence electrons. The SMILES string of the molecule is Cc1ccc(CN2C(=O)[C@@H]([C@@H](C)C(=O)NCc3ccc(Cl)cc3)Sc3ccccc32)cc1. The number of thioether (sulfide) groups is 1. The molecule has 4 nitrogen and oxygen atoms in total. The van der Waals surface area contributed by atoms with Gasteiger partial charge >= 0.3 is 0 Å². The molecule has 0 saturated carbocycles. The highest BCUT2D eigenvalue weighted by atomic mass is 35.5. The maximum absolute atomic E-state index is 13.5. The summed E-state index contributed by atoms with van der Waals surface area (Å²) in [5, 5.41) is 3.14. The van der Waals surface area contributed by atoms with Crippen molar-refractivity contribution in [1.29, 1.82) is 0 Å². The molecule has 1 aliphatic heterocycles. The van der Waals surface area contributed by atoms with Crippen molar-refractivity contribution < 1.29 is 9.59 Å². The van der Waals surface area contributed by atoms with Crippen LogP contribution in [0.15, 0.2) is 77.7 Å². The number of carbonyl (C=O) groups excluding carboxylic acids is 2. The summed E-state index contributed by atoms with van der Waals surface area (Å²) >= 11 is 7.40. The number of amides is 2. The minimum Gasteiger partial charge on any atom is -0.352 e. The Kier molecular flexibility index (Phi) is 6.87. The summed E-state index contributed by atoms with van der Waals surface area (Å²) in [5.74, 6) is -0.655. The highest BCUT2D eigenvalue weighted by Gasteiger charge is 2.39. The van der Waals surface area contributed by atoms with E-state index in [1.165, 1.54) is 17.3 Å². The Bertz CT molecular complexity index is 1120. The van der Waals surface area contributed by atoms with Crippen LogP contribution in [-0.4, -0.2) is 17.1 Å². The molecule has 2 atom stereocenters. The van der Waals surface area contributed by atoms with Gasteiger partial charge in [-0.2, -0.15) is 0 Å². The Labute approximate surface area is 198 Å². The van der Waals surface area contributed by atoms with Crippen molar-refractivity contribution in [3.05, 3.63) is 94.5 Å². The van der Waals surface area contributed by atoms with Gasteiger partial charge in [0.15, 0.2) is 0 Å². The predicted molar refractivity (Wildman–Crippen MR) is 131 cm³/mol. The van der Waals surface area contributed by atoms with Crippen LogP contribution in [0.5, 0.6) is 0 Å². The van der Waals surface area contributed by atoms with Crippen molar-refractivity contribution in [1.82, 2.24) is 5.32 Å². The van der Waals surface area contributed by atoms with Gasteiger partial charge in [0.05, 0.1) is 18.2 Å². The number of anilines is 1. The number of rotatable bonds is 6. The van der Waals surface area contributed by atoms with Gasteiger partial charge in [0.25, 0.3) is 0 Å². The third-order valence-corrected chi connectivity index (χ3v) is 7.34. The molecule has 1 aliphatic rings. The highest BCUT2D eigenvalue weighted by molar-refractivity contribution is 8.01. The number of halogens is 1. The van der Waals surface area contributed by atoms with Gasteiger partial charge < -0.3 is 10.2 Å². The lowest BCUT2D eigenvalue weighted by Crippen LogP contribution is -2.47. The number of benzene rings is 3. The molecule has 2 amide bonds. The van der Waals surface area contributed by atoms with Crippen LogP contribution in [0.3, 0.4) is 0 Å². The number of hydrogen-bond acceptors (Lipinski definition) is 3. The number of aryl methyl sites for hydroxylation is 1. The van der Waals surface area contributed by atoms with Gasteiger partial charge in [-0.3, -0.25) is 9.59 Å². The van der Waals surface area contributed by atoms with Crippen molar-refractivity contribution in [2.45, 2.75) is 37.1 Å². The van der Waals surface area contributed by atoms with E-state index >= 15 is 0 Å². The second-order valence-corrected chi connectivity index (χ2v) is 9.67. The molecule has 32 heavy (non-hydrogen) atoms. The summed E-state index contributed by atoms with van der Waals surface area (Å²) in [4.78, 5) is 29.3. The highest BCUT2D eigenvalue weighted by Crippen LogP contribution is 2.42. The van der Waals surface area contributed by atoms with Crippen molar-refractivity contribution in [2.24, 2.45) is 5.92 Å². The second-order valence-electron chi connectivity index (χ2n) is 8.05. The number of para-hydroxylation sites is 1. The van der Waals surface area contributed by atoms with E-state index in [4.69, 9.17) is 11.6 Å². The topological polar surface area (TPSA) is 49.4 Å². The zero-order chi connectivity index (χ0) is 22.7. The van der Waals surface area contributed by atoms with Gasteiger partial charge in [-0.25, -0.2) is 0 Å². The van der Waals surface area contributed by atoms with E-state index in [2.05, 4.69) is 17.4 Å². The number of fused-ring (bicyclic) bond motifs is 1. The Morgan fingerprint density at radius 2 is 1.69 bits per heavy atom. The smallest absolute Gasteiger partial charge is 0.241 e. The fourth-order valence-electron chi connectivity index (χ4n) is 3.68. The van der Waals surface area contributed by atoms with Crippen LogP contribution in [0, 0.1) is 12.8 Å². The van der Waals surface area contributed by atoms with Gasteiger partial charge in [-0.1, -0.05) is 72.6 Å². The third kappa shape index (κ3) is 5.00. The molecule has 3 aromatic carbocycles. The quantitative estimate of drug-likeness (QED) is 0.516. The van der Waals surface area contributed by atoms with E-state index < -0.39 is 11.2 Å². The average Bonchev–Trinajstić information content (AvgIpc) is 2.81. The van der Waals surface area contributed by atoms with Gasteiger partial charge in [0, 0.05) is 16.5 Å². The van der Waals surface area contributed by atoms with Crippen LogP contribution in [0.4, 0.5) is 5.69 Å². The van der Waals surface area contributed by atoms with Crippen LogP contribution >= 0.6 is 23.4 Å². The maximum atomic E-state index is 13.5. The molecule has 0 aromatic heterocycles. The molecule has 0 spiro atoms. The number of nitrogens with one attached hydrogen (secondary N) is 1. The standard InChI is InChI=1S/C26H25ClN2O2S/c1-17-7-9-20(10-8-17)16-29-22-5-3-4-6-23(22)32-24(26(29)31)18(2)25(30)28-15-19-11-13-21(27)14-12-19/h3-14,18,24H,15-16H2,1-2H3,(H,28,30)/t18-,24-/m1/s1. The lowest BCUT2D eigenvalue weighted by Gasteiger charge is -2.35. The third-order valence-electron chi connectivity index (χ3n) is 5.63. The summed E-state index contributed by atoms with van der Waals surface area (Å²) in [5.41, 5.74) is 4.10. The Morgan fingerprint density at radius 3 is 2.41 bits per heavy atom. The van der Waals surface area contributed by atoms with E-state index in [1.807, 2.05) is 67.3 Å². The average molecular weight is 465 g/mol. The van der Waals surface area contributed by atoms with Crippen molar-refractivity contribution in [2.75, 3.05) is 4.90 Å². The van der Waals surface area contributed by atoms with E-state index in [9.17, 15) is 9.59 Å². The van der Waals surface area contributed by atoms with E-state index in [-0.39, 0.29) is 11.8 Å². The van der Waals surface area contributed by atoms with Crippen molar-refractivity contribution in [3.63, 3.8) is 0 Å². The van der Waals surface area contributed by atoms with Gasteiger partial charge in [-0.05, 0) is 42.3 Å². The predicted octanol–water partition coefficient (Wildman–Crippen LogP) is 5.61. The fraction of sp³-hybridized carbons (Fsp3) is 0.231. The number of hydrogen-bond donors (Lipinski definition) is 1. The van der Waals surface area contributed by atoms with Crippen molar-refractivity contribution in [3.8, 4) is 0 Å². The first kappa shape index (κ1) is 22.4. The fourth-order valence-corrected chi connectivity index (χ4v) is 5.10. The van der Waals surface area contributed by atoms with E-state index in [0.29, 0.717) is 18.1 Å². The van der Waals surface area contributed by atoms with Crippen LogP contribution in [0.1, 0.15) is 23.6 Å². The molecule has 0 fully saturated rings. The molecular weight excluding hydrogens is 440 g/mol. The summed E-state index contributed by atoms with van der Waals surface area (Å²) in [6, 6.07) is 23.4. The molecule has 0 saturated heterocycles. The molecule has 0 bridgehead atoms. The summed E-state index contributed by atoms with van der Waals surface area (Å²) < 4.78 is 0. The Morgan fingerprint density at radius 1 is 1.03 bits per heavy atom. The molecule has 0 aliphatic carbocycles. The van der Waals surface area contributed by atoms with Crippen molar-refractivity contribution >= 4 is 40.9 Å². The van der Waals surface area contributed by atoms with Crippen LogP contribution in [-0.2, 0) is 22.7 Å². The van der Waals surface area contributed by atoms with E-state index in [1.54, 1.807) is 12.1 Å². The van der Waals surface area contributed by atoms with Gasteiger partial charge in [0.1, 0.15) is 5.25 Å². The zero-order valence-corrected chi connectivity index (χ0v) is 19.6. The molecule has 1 heterocycles. The van der Waals surface area contributed by atoms with Crippen LogP contribution < -0.4 is 10.2 Å².